The lowest BCUT2D eigenvalue weighted by Gasteiger charge is -2.40. The number of hydrogen-bond donors (Lipinski definition) is 0. The van der Waals surface area contributed by atoms with Crippen LogP contribution in [0.25, 0.3) is 88.7 Å². The zero-order valence-corrected chi connectivity index (χ0v) is 33.5. The van der Waals surface area contributed by atoms with Gasteiger partial charge < -0.3 is 0 Å². The van der Waals surface area contributed by atoms with E-state index in [-0.39, 0.29) is 0 Å². The molecule has 0 spiro atoms. The summed E-state index contributed by atoms with van der Waals surface area (Å²) in [6, 6.07) is 77.8. The van der Waals surface area contributed by atoms with Gasteiger partial charge in [0.2, 0.25) is 0 Å². The van der Waals surface area contributed by atoms with Crippen molar-refractivity contribution in [2.45, 2.75) is 10.8 Å². The van der Waals surface area contributed by atoms with Crippen LogP contribution >= 0.6 is 0 Å². The first-order valence-corrected chi connectivity index (χ1v) is 21.4. The lowest BCUT2D eigenvalue weighted by atomic mass is 9.59. The third kappa shape index (κ3) is 4.08. The van der Waals surface area contributed by atoms with Gasteiger partial charge in [0.05, 0.1) is 10.8 Å². The number of hydrogen-bond acceptors (Lipinski definition) is 3. The topological polar surface area (TPSA) is 38.7 Å². The Labute approximate surface area is 358 Å². The predicted octanol–water partition coefficient (Wildman–Crippen LogP) is 14.0. The Morgan fingerprint density at radius 2 is 0.532 bits per heavy atom. The molecule has 0 unspecified atom stereocenters. The van der Waals surface area contributed by atoms with Crippen molar-refractivity contribution in [1.82, 2.24) is 15.0 Å². The van der Waals surface area contributed by atoms with E-state index in [0.717, 1.165) is 22.1 Å². The molecule has 0 amide bonds. The van der Waals surface area contributed by atoms with E-state index in [9.17, 15) is 0 Å². The molecule has 286 valence electrons. The highest BCUT2D eigenvalue weighted by Crippen LogP contribution is 2.76. The Balaban J connectivity index is 1.10. The molecular weight excluding hydrogens is 751 g/mol. The molecule has 3 nitrogen and oxygen atoms in total. The molecule has 0 atom stereocenters. The van der Waals surface area contributed by atoms with Gasteiger partial charge in [0.25, 0.3) is 0 Å². The highest BCUT2D eigenvalue weighted by atomic mass is 15.0. The lowest BCUT2D eigenvalue weighted by molar-refractivity contribution is 0.492. The number of rotatable bonds is 5. The molecule has 0 saturated heterocycles. The van der Waals surface area contributed by atoms with Gasteiger partial charge in [0.15, 0.2) is 17.5 Å². The molecule has 0 radical (unpaired) electrons. The molecule has 0 N–H and O–H groups in total. The monoisotopic (exact) mass is 785 g/mol. The second-order valence-corrected chi connectivity index (χ2v) is 16.9. The largest absolute Gasteiger partial charge is 0.208 e. The standard InChI is InChI=1S/C59H35N3/c1-5-16-36(17-6-1)40-30-33-49-52-42(40)24-13-27-46(52)58-47-28-14-25-43-41(37-18-7-2-8-19-37)31-34-50(53(43)47)59(49,58)51-35-32-45(44-26-15-29-48(58)54(44)51)57-61-55(38-20-9-3-10-21-38)60-56(62-57)39-22-11-4-12-23-39/h1-35H. The lowest BCUT2D eigenvalue weighted by Crippen LogP contribution is -2.42. The van der Waals surface area contributed by atoms with Crippen LogP contribution in [0.2, 0.25) is 0 Å². The van der Waals surface area contributed by atoms with E-state index in [0.29, 0.717) is 17.5 Å². The minimum atomic E-state index is -0.523. The Hall–Kier alpha value is -8.01. The fraction of sp³-hybridized carbons (Fsp3) is 0.0339. The molecule has 0 fully saturated rings. The summed E-state index contributed by atoms with van der Waals surface area (Å²) in [6.45, 7) is 0. The highest BCUT2D eigenvalue weighted by molar-refractivity contribution is 6.17. The minimum absolute atomic E-state index is 0.523. The maximum Gasteiger partial charge on any atom is 0.164 e. The van der Waals surface area contributed by atoms with Gasteiger partial charge in [-0.15, -0.1) is 0 Å². The van der Waals surface area contributed by atoms with Crippen LogP contribution in [0, 0.1) is 0 Å². The molecule has 10 aromatic carbocycles. The van der Waals surface area contributed by atoms with Gasteiger partial charge in [0.1, 0.15) is 0 Å². The molecule has 0 aliphatic heterocycles. The van der Waals surface area contributed by atoms with Gasteiger partial charge in [-0.2, -0.15) is 0 Å². The third-order valence-corrected chi connectivity index (χ3v) is 14.2. The first-order chi connectivity index (χ1) is 30.8. The molecule has 3 aliphatic rings. The summed E-state index contributed by atoms with van der Waals surface area (Å²) >= 11 is 0. The van der Waals surface area contributed by atoms with E-state index < -0.39 is 10.8 Å². The predicted molar refractivity (Wildman–Crippen MR) is 252 cm³/mol. The first-order valence-electron chi connectivity index (χ1n) is 21.4. The third-order valence-electron chi connectivity index (χ3n) is 14.2. The van der Waals surface area contributed by atoms with E-state index in [2.05, 4.69) is 176 Å². The van der Waals surface area contributed by atoms with E-state index in [1.54, 1.807) is 0 Å². The summed E-state index contributed by atoms with van der Waals surface area (Å²) < 4.78 is 0. The van der Waals surface area contributed by atoms with Crippen LogP contribution in [-0.2, 0) is 10.8 Å². The van der Waals surface area contributed by atoms with Crippen LogP contribution in [-0.4, -0.2) is 15.0 Å². The second-order valence-electron chi connectivity index (χ2n) is 16.9. The molecule has 1 aromatic heterocycles. The summed E-state index contributed by atoms with van der Waals surface area (Å²) in [4.78, 5) is 15.6. The Morgan fingerprint density at radius 1 is 0.226 bits per heavy atom. The van der Waals surface area contributed by atoms with Crippen molar-refractivity contribution in [3.8, 4) is 56.4 Å². The van der Waals surface area contributed by atoms with Gasteiger partial charge in [-0.25, -0.2) is 15.0 Å². The summed E-state index contributed by atoms with van der Waals surface area (Å²) in [5.41, 5.74) is 15.0. The van der Waals surface area contributed by atoms with Crippen LogP contribution in [0.4, 0.5) is 0 Å². The van der Waals surface area contributed by atoms with Crippen LogP contribution < -0.4 is 0 Å². The summed E-state index contributed by atoms with van der Waals surface area (Å²) in [5.74, 6) is 1.99. The maximum absolute atomic E-state index is 5.26. The molecule has 3 heteroatoms. The Kier molecular flexibility index (Phi) is 6.69. The first kappa shape index (κ1) is 33.8. The maximum atomic E-state index is 5.26. The fourth-order valence-corrected chi connectivity index (χ4v) is 12.0. The van der Waals surface area contributed by atoms with Gasteiger partial charge in [-0.3, -0.25) is 0 Å². The van der Waals surface area contributed by atoms with E-state index >= 15 is 0 Å². The normalized spacial score (nSPS) is 17.5. The Morgan fingerprint density at radius 3 is 0.919 bits per heavy atom. The molecule has 0 bridgehead atoms. The van der Waals surface area contributed by atoms with Crippen molar-refractivity contribution in [2.24, 2.45) is 0 Å². The van der Waals surface area contributed by atoms with Crippen molar-refractivity contribution in [2.75, 3.05) is 0 Å². The Bertz CT molecular complexity index is 3450. The van der Waals surface area contributed by atoms with Gasteiger partial charge in [0, 0.05) is 16.7 Å². The summed E-state index contributed by atoms with van der Waals surface area (Å²) in [7, 11) is 0. The van der Waals surface area contributed by atoms with Crippen LogP contribution in [0.5, 0.6) is 0 Å². The highest BCUT2D eigenvalue weighted by Gasteiger charge is 2.70. The van der Waals surface area contributed by atoms with Gasteiger partial charge >= 0.3 is 0 Å². The molecule has 1 heterocycles. The average molecular weight is 786 g/mol. The number of benzene rings is 10. The van der Waals surface area contributed by atoms with E-state index in [1.807, 2.05) is 36.4 Å². The fourth-order valence-electron chi connectivity index (χ4n) is 12.0. The molecular formula is C59H35N3. The molecule has 62 heavy (non-hydrogen) atoms. The summed E-state index contributed by atoms with van der Waals surface area (Å²) in [6.07, 6.45) is 0. The second kappa shape index (κ2) is 12.3. The zero-order valence-electron chi connectivity index (χ0n) is 33.5. The van der Waals surface area contributed by atoms with Crippen molar-refractivity contribution < 1.29 is 0 Å². The summed E-state index contributed by atoms with van der Waals surface area (Å²) in [5, 5.41) is 7.78. The minimum Gasteiger partial charge on any atom is -0.208 e. The van der Waals surface area contributed by atoms with Crippen molar-refractivity contribution in [1.29, 1.82) is 0 Å². The van der Waals surface area contributed by atoms with Crippen LogP contribution in [0.1, 0.15) is 33.4 Å². The van der Waals surface area contributed by atoms with E-state index in [4.69, 9.17) is 15.0 Å². The number of aromatic nitrogens is 3. The van der Waals surface area contributed by atoms with Crippen LogP contribution in [0.3, 0.4) is 0 Å². The number of nitrogens with zero attached hydrogens (tertiary/aromatic N) is 3. The van der Waals surface area contributed by atoms with Crippen LogP contribution in [0.15, 0.2) is 212 Å². The van der Waals surface area contributed by atoms with Gasteiger partial charge in [-0.1, -0.05) is 212 Å². The van der Waals surface area contributed by atoms with Crippen molar-refractivity contribution >= 4 is 32.3 Å². The zero-order chi connectivity index (χ0) is 40.6. The van der Waals surface area contributed by atoms with Crippen molar-refractivity contribution in [3.63, 3.8) is 0 Å². The molecule has 11 aromatic rings. The quantitative estimate of drug-likeness (QED) is 0.174. The van der Waals surface area contributed by atoms with E-state index in [1.165, 1.54) is 82.6 Å². The molecule has 14 rings (SSSR count). The average Bonchev–Trinajstić information content (AvgIpc) is 3.89. The smallest absolute Gasteiger partial charge is 0.164 e. The van der Waals surface area contributed by atoms with Gasteiger partial charge in [-0.05, 0) is 88.0 Å². The molecule has 3 aliphatic carbocycles. The molecule has 0 saturated carbocycles. The SMILES string of the molecule is c1ccc(-c2nc(-c3ccccc3)nc(-c3ccc4c5c(cccc35)C35c6cccc7c(-c8ccccc8)ccc(c67)C43c3ccc(-c4ccccc4)c4cccc5c34)n2)cc1. The van der Waals surface area contributed by atoms with Crippen molar-refractivity contribution in [3.05, 3.63) is 246 Å².